The molecule has 2 N–H and O–H groups in total. The SMILES string of the molecule is Cc1cc(OCC(=O)NCC(CC(=O)O)CC(C)C)no1. The van der Waals surface area contributed by atoms with Crippen molar-refractivity contribution >= 4 is 11.9 Å². The number of hydrogen-bond donors (Lipinski definition) is 2. The van der Waals surface area contributed by atoms with Gasteiger partial charge in [-0.05, 0) is 30.3 Å². The van der Waals surface area contributed by atoms with Crippen molar-refractivity contribution in [2.75, 3.05) is 13.2 Å². The van der Waals surface area contributed by atoms with Crippen LogP contribution in [-0.2, 0) is 9.59 Å². The molecule has 7 nitrogen and oxygen atoms in total. The fraction of sp³-hybridized carbons (Fsp3) is 0.643. The second-order valence-corrected chi connectivity index (χ2v) is 5.46. The highest BCUT2D eigenvalue weighted by Crippen LogP contribution is 2.14. The number of carboxylic acids is 1. The van der Waals surface area contributed by atoms with Crippen molar-refractivity contribution in [3.63, 3.8) is 0 Å². The summed E-state index contributed by atoms with van der Waals surface area (Å²) < 4.78 is 9.96. The summed E-state index contributed by atoms with van der Waals surface area (Å²) in [6, 6.07) is 1.58. The number of hydrogen-bond acceptors (Lipinski definition) is 5. The van der Waals surface area contributed by atoms with E-state index in [0.29, 0.717) is 18.2 Å². The number of ether oxygens (including phenoxy) is 1. The van der Waals surface area contributed by atoms with E-state index in [-0.39, 0.29) is 30.7 Å². The van der Waals surface area contributed by atoms with E-state index in [2.05, 4.69) is 10.5 Å². The standard InChI is InChI=1S/C14H22N2O5/c1-9(2)4-11(6-14(18)19)7-15-12(17)8-20-13-5-10(3)21-16-13/h5,9,11H,4,6-8H2,1-3H3,(H,15,17)(H,18,19). The summed E-state index contributed by atoms with van der Waals surface area (Å²) in [6.45, 7) is 5.92. The Bertz CT molecular complexity index is 470. The van der Waals surface area contributed by atoms with Gasteiger partial charge in [0.25, 0.3) is 11.8 Å². The predicted molar refractivity (Wildman–Crippen MR) is 74.9 cm³/mol. The fourth-order valence-corrected chi connectivity index (χ4v) is 2.01. The number of aryl methyl sites for hydroxylation is 1. The highest BCUT2D eigenvalue weighted by atomic mass is 16.5. The van der Waals surface area contributed by atoms with Crippen molar-refractivity contribution in [1.82, 2.24) is 10.5 Å². The van der Waals surface area contributed by atoms with Gasteiger partial charge in [0.15, 0.2) is 6.61 Å². The molecule has 1 rings (SSSR count). The summed E-state index contributed by atoms with van der Waals surface area (Å²) >= 11 is 0. The Morgan fingerprint density at radius 2 is 2.19 bits per heavy atom. The fourth-order valence-electron chi connectivity index (χ4n) is 2.01. The zero-order valence-corrected chi connectivity index (χ0v) is 12.6. The lowest BCUT2D eigenvalue weighted by Gasteiger charge is -2.17. The summed E-state index contributed by atoms with van der Waals surface area (Å²) in [4.78, 5) is 22.5. The van der Waals surface area contributed by atoms with Gasteiger partial charge in [0.05, 0.1) is 0 Å². The molecule has 1 atom stereocenters. The number of nitrogens with one attached hydrogen (secondary N) is 1. The summed E-state index contributed by atoms with van der Waals surface area (Å²) in [7, 11) is 0. The van der Waals surface area contributed by atoms with Crippen LogP contribution in [0.25, 0.3) is 0 Å². The maximum atomic E-state index is 11.7. The van der Waals surface area contributed by atoms with Crippen LogP contribution >= 0.6 is 0 Å². The molecule has 1 amide bonds. The molecule has 21 heavy (non-hydrogen) atoms. The molecule has 0 aliphatic carbocycles. The quantitative estimate of drug-likeness (QED) is 0.718. The van der Waals surface area contributed by atoms with Crippen LogP contribution in [0.2, 0.25) is 0 Å². The molecule has 0 spiro atoms. The van der Waals surface area contributed by atoms with Crippen LogP contribution in [0, 0.1) is 18.8 Å². The van der Waals surface area contributed by atoms with E-state index < -0.39 is 5.97 Å². The van der Waals surface area contributed by atoms with E-state index >= 15 is 0 Å². The molecule has 118 valence electrons. The molecule has 1 heterocycles. The van der Waals surface area contributed by atoms with Gasteiger partial charge < -0.3 is 19.7 Å². The first-order valence-electron chi connectivity index (χ1n) is 6.91. The molecule has 0 saturated carbocycles. The zero-order chi connectivity index (χ0) is 15.8. The topological polar surface area (TPSA) is 102 Å². The molecule has 0 aliphatic heterocycles. The van der Waals surface area contributed by atoms with E-state index in [0.717, 1.165) is 6.42 Å². The summed E-state index contributed by atoms with van der Waals surface area (Å²) in [5.41, 5.74) is 0. The molecule has 1 aromatic heterocycles. The lowest BCUT2D eigenvalue weighted by atomic mass is 9.94. The van der Waals surface area contributed by atoms with Gasteiger partial charge in [-0.1, -0.05) is 13.8 Å². The number of aromatic nitrogens is 1. The van der Waals surface area contributed by atoms with Crippen LogP contribution in [0.5, 0.6) is 5.88 Å². The van der Waals surface area contributed by atoms with Crippen LogP contribution in [0.3, 0.4) is 0 Å². The molecule has 0 aromatic carbocycles. The van der Waals surface area contributed by atoms with Crippen LogP contribution < -0.4 is 10.1 Å². The Kier molecular flexibility index (Phi) is 6.71. The van der Waals surface area contributed by atoms with Gasteiger partial charge in [-0.15, -0.1) is 0 Å². The highest BCUT2D eigenvalue weighted by Gasteiger charge is 2.16. The summed E-state index contributed by atoms with van der Waals surface area (Å²) in [6.07, 6.45) is 0.789. The molecule has 1 aromatic rings. The molecule has 0 aliphatic rings. The molecule has 0 radical (unpaired) electrons. The van der Waals surface area contributed by atoms with Gasteiger partial charge in [0.1, 0.15) is 5.76 Å². The first-order chi connectivity index (χ1) is 9.86. The van der Waals surface area contributed by atoms with Gasteiger partial charge in [0.2, 0.25) is 0 Å². The lowest BCUT2D eigenvalue weighted by Crippen LogP contribution is -2.34. The Morgan fingerprint density at radius 3 is 2.71 bits per heavy atom. The largest absolute Gasteiger partial charge is 0.481 e. The number of carbonyl (C=O) groups excluding carboxylic acids is 1. The van der Waals surface area contributed by atoms with E-state index in [9.17, 15) is 9.59 Å². The third-order valence-electron chi connectivity index (χ3n) is 2.81. The van der Waals surface area contributed by atoms with Gasteiger partial charge in [-0.3, -0.25) is 9.59 Å². The number of carbonyl (C=O) groups is 2. The third kappa shape index (κ3) is 7.34. The Hall–Kier alpha value is -2.05. The second kappa shape index (κ2) is 8.28. The first-order valence-corrected chi connectivity index (χ1v) is 6.91. The van der Waals surface area contributed by atoms with E-state index in [1.54, 1.807) is 13.0 Å². The molecule has 0 fully saturated rings. The van der Waals surface area contributed by atoms with Crippen molar-refractivity contribution in [2.24, 2.45) is 11.8 Å². The maximum Gasteiger partial charge on any atom is 0.303 e. The highest BCUT2D eigenvalue weighted by molar-refractivity contribution is 5.77. The number of rotatable bonds is 9. The summed E-state index contributed by atoms with van der Waals surface area (Å²) in [5.74, 6) is -0.0175. The van der Waals surface area contributed by atoms with Crippen LogP contribution in [0.15, 0.2) is 10.6 Å². The maximum absolute atomic E-state index is 11.7. The minimum absolute atomic E-state index is 0.0435. The number of carboxylic acid groups (broad SMARTS) is 1. The average molecular weight is 298 g/mol. The van der Waals surface area contributed by atoms with Crippen molar-refractivity contribution < 1.29 is 24.0 Å². The predicted octanol–water partition coefficient (Wildman–Crippen LogP) is 1.62. The monoisotopic (exact) mass is 298 g/mol. The van der Waals surface area contributed by atoms with Gasteiger partial charge in [-0.25, -0.2) is 0 Å². The molecule has 1 unspecified atom stereocenters. The molecule has 0 saturated heterocycles. The molecule has 7 heteroatoms. The Balaban J connectivity index is 2.33. The minimum Gasteiger partial charge on any atom is -0.481 e. The van der Waals surface area contributed by atoms with E-state index in [1.807, 2.05) is 13.8 Å². The Labute approximate surface area is 123 Å². The number of aliphatic carboxylic acids is 1. The van der Waals surface area contributed by atoms with Crippen molar-refractivity contribution in [3.05, 3.63) is 11.8 Å². The number of nitrogens with zero attached hydrogens (tertiary/aromatic N) is 1. The average Bonchev–Trinajstić information content (AvgIpc) is 2.78. The number of amides is 1. The van der Waals surface area contributed by atoms with E-state index in [4.69, 9.17) is 14.4 Å². The van der Waals surface area contributed by atoms with Crippen LogP contribution in [0.1, 0.15) is 32.4 Å². The molecule has 0 bridgehead atoms. The van der Waals surface area contributed by atoms with Crippen molar-refractivity contribution in [3.8, 4) is 5.88 Å². The first kappa shape index (κ1) is 17.0. The van der Waals surface area contributed by atoms with Crippen molar-refractivity contribution in [2.45, 2.75) is 33.6 Å². The van der Waals surface area contributed by atoms with Gasteiger partial charge in [-0.2, -0.15) is 0 Å². The normalized spacial score (nSPS) is 12.2. The Morgan fingerprint density at radius 1 is 1.48 bits per heavy atom. The lowest BCUT2D eigenvalue weighted by molar-refractivity contribution is -0.138. The third-order valence-corrected chi connectivity index (χ3v) is 2.81. The van der Waals surface area contributed by atoms with Crippen LogP contribution in [-0.4, -0.2) is 35.3 Å². The summed E-state index contributed by atoms with van der Waals surface area (Å²) in [5, 5.41) is 15.2. The second-order valence-electron chi connectivity index (χ2n) is 5.46. The molecular formula is C14H22N2O5. The van der Waals surface area contributed by atoms with Crippen LogP contribution in [0.4, 0.5) is 0 Å². The zero-order valence-electron chi connectivity index (χ0n) is 12.6. The van der Waals surface area contributed by atoms with Crippen molar-refractivity contribution in [1.29, 1.82) is 0 Å². The van der Waals surface area contributed by atoms with Gasteiger partial charge in [0, 0.05) is 19.0 Å². The minimum atomic E-state index is -0.857. The van der Waals surface area contributed by atoms with E-state index in [1.165, 1.54) is 0 Å². The smallest absolute Gasteiger partial charge is 0.303 e. The molecular weight excluding hydrogens is 276 g/mol. The van der Waals surface area contributed by atoms with Gasteiger partial charge >= 0.3 is 5.97 Å².